The molecule has 0 aliphatic rings. The largest absolute Gasteiger partial charge is 0.375 e. The number of nitrogens with zero attached hydrogens (tertiary/aromatic N) is 2. The third-order valence-electron chi connectivity index (χ3n) is 2.14. The molecule has 5 heteroatoms. The Kier molecular flexibility index (Phi) is 6.88. The number of halogens is 1. The van der Waals surface area contributed by atoms with Crippen molar-refractivity contribution in [1.29, 1.82) is 0 Å². The highest BCUT2D eigenvalue weighted by Gasteiger charge is 2.04. The Hall–Kier alpha value is -0.190. The summed E-state index contributed by atoms with van der Waals surface area (Å²) in [5.41, 5.74) is 0.759. The van der Waals surface area contributed by atoms with Crippen LogP contribution in [0.1, 0.15) is 44.7 Å². The van der Waals surface area contributed by atoms with Crippen molar-refractivity contribution >= 4 is 23.1 Å². The van der Waals surface area contributed by atoms with Crippen molar-refractivity contribution in [3.8, 4) is 0 Å². The van der Waals surface area contributed by atoms with Crippen LogP contribution in [0.3, 0.4) is 0 Å². The molecule has 0 atom stereocenters. The number of aromatic nitrogens is 2. The molecule has 86 valence electrons. The third-order valence-corrected chi connectivity index (χ3v) is 3.12. The van der Waals surface area contributed by atoms with Crippen molar-refractivity contribution in [1.82, 2.24) is 9.59 Å². The van der Waals surface area contributed by atoms with Crippen molar-refractivity contribution in [3.05, 3.63) is 10.0 Å². The molecule has 1 aromatic heterocycles. The number of hydrogen-bond acceptors (Lipinski definition) is 4. The molecular weight excluding hydrogens is 232 g/mol. The smallest absolute Gasteiger partial charge is 0.139 e. The SMILES string of the molecule is CCCCCCCOCc1nnsc1Cl. The summed E-state index contributed by atoms with van der Waals surface area (Å²) < 4.78 is 9.84. The van der Waals surface area contributed by atoms with E-state index < -0.39 is 0 Å². The molecule has 0 aromatic carbocycles. The van der Waals surface area contributed by atoms with Gasteiger partial charge in [-0.2, -0.15) is 0 Å². The molecule has 1 heterocycles. The minimum absolute atomic E-state index is 0.489. The second kappa shape index (κ2) is 8.02. The van der Waals surface area contributed by atoms with Crippen LogP contribution in [0.15, 0.2) is 0 Å². The number of ether oxygens (including phenoxy) is 1. The van der Waals surface area contributed by atoms with Crippen molar-refractivity contribution in [3.63, 3.8) is 0 Å². The lowest BCUT2D eigenvalue weighted by Crippen LogP contribution is -1.96. The lowest BCUT2D eigenvalue weighted by Gasteiger charge is -2.01. The monoisotopic (exact) mass is 248 g/mol. The van der Waals surface area contributed by atoms with Gasteiger partial charge in [0.2, 0.25) is 0 Å². The maximum atomic E-state index is 5.83. The van der Waals surface area contributed by atoms with Gasteiger partial charge in [-0.25, -0.2) is 0 Å². The van der Waals surface area contributed by atoms with E-state index in [4.69, 9.17) is 16.3 Å². The fourth-order valence-electron chi connectivity index (χ4n) is 1.26. The molecule has 0 N–H and O–H groups in total. The zero-order valence-corrected chi connectivity index (χ0v) is 10.6. The van der Waals surface area contributed by atoms with E-state index in [2.05, 4.69) is 16.5 Å². The molecule has 0 bridgehead atoms. The number of hydrogen-bond donors (Lipinski definition) is 0. The summed E-state index contributed by atoms with van der Waals surface area (Å²) in [5, 5.41) is 3.87. The topological polar surface area (TPSA) is 35.0 Å². The van der Waals surface area contributed by atoms with E-state index in [1.165, 1.54) is 37.2 Å². The van der Waals surface area contributed by atoms with Crippen LogP contribution in [-0.4, -0.2) is 16.2 Å². The van der Waals surface area contributed by atoms with Crippen molar-refractivity contribution in [2.45, 2.75) is 45.6 Å². The molecule has 0 saturated carbocycles. The van der Waals surface area contributed by atoms with E-state index in [-0.39, 0.29) is 0 Å². The average Bonchev–Trinajstić information content (AvgIpc) is 2.63. The maximum Gasteiger partial charge on any atom is 0.139 e. The molecule has 3 nitrogen and oxygen atoms in total. The van der Waals surface area contributed by atoms with E-state index >= 15 is 0 Å². The first-order valence-corrected chi connectivity index (χ1v) is 6.54. The summed E-state index contributed by atoms with van der Waals surface area (Å²) in [6.07, 6.45) is 6.27. The Morgan fingerprint density at radius 2 is 2.07 bits per heavy atom. The minimum atomic E-state index is 0.489. The minimum Gasteiger partial charge on any atom is -0.375 e. The predicted molar refractivity (Wildman–Crippen MR) is 63.3 cm³/mol. The lowest BCUT2D eigenvalue weighted by molar-refractivity contribution is 0.114. The van der Waals surface area contributed by atoms with Crippen LogP contribution in [-0.2, 0) is 11.3 Å². The second-order valence-electron chi connectivity index (χ2n) is 3.46. The number of unbranched alkanes of at least 4 members (excludes halogenated alkanes) is 4. The van der Waals surface area contributed by atoms with E-state index in [0.29, 0.717) is 10.9 Å². The van der Waals surface area contributed by atoms with E-state index in [0.717, 1.165) is 18.7 Å². The third kappa shape index (κ3) is 5.44. The zero-order valence-electron chi connectivity index (χ0n) is 9.04. The van der Waals surface area contributed by atoms with Gasteiger partial charge in [0.05, 0.1) is 6.61 Å². The molecule has 1 aromatic rings. The molecule has 0 aliphatic heterocycles. The highest BCUT2D eigenvalue weighted by molar-refractivity contribution is 7.10. The molecular formula is C10H17ClN2OS. The first-order valence-electron chi connectivity index (χ1n) is 5.39. The maximum absolute atomic E-state index is 5.83. The molecule has 0 aliphatic carbocycles. The fraction of sp³-hybridized carbons (Fsp3) is 0.800. The van der Waals surface area contributed by atoms with Gasteiger partial charge >= 0.3 is 0 Å². The van der Waals surface area contributed by atoms with Crippen LogP contribution in [0.4, 0.5) is 0 Å². The van der Waals surface area contributed by atoms with Gasteiger partial charge in [-0.05, 0) is 6.42 Å². The van der Waals surface area contributed by atoms with Crippen molar-refractivity contribution < 1.29 is 4.74 Å². The highest BCUT2D eigenvalue weighted by Crippen LogP contribution is 2.17. The van der Waals surface area contributed by atoms with Crippen molar-refractivity contribution in [2.24, 2.45) is 0 Å². The molecule has 0 saturated heterocycles. The standard InChI is InChI=1S/C10H17ClN2OS/c1-2-3-4-5-6-7-14-8-9-10(11)15-13-12-9/h2-8H2,1H3. The quantitative estimate of drug-likeness (QED) is 0.659. The van der Waals surface area contributed by atoms with Crippen molar-refractivity contribution in [2.75, 3.05) is 6.61 Å². The van der Waals surface area contributed by atoms with Gasteiger partial charge in [-0.3, -0.25) is 0 Å². The Balaban J connectivity index is 1.96. The van der Waals surface area contributed by atoms with E-state index in [9.17, 15) is 0 Å². The summed E-state index contributed by atoms with van der Waals surface area (Å²) in [5.74, 6) is 0. The Labute approximate surface area is 100.0 Å². The van der Waals surface area contributed by atoms with E-state index in [1.807, 2.05) is 0 Å². The van der Waals surface area contributed by atoms with Gasteiger partial charge in [0.1, 0.15) is 10.0 Å². The normalized spacial score (nSPS) is 10.8. The Morgan fingerprint density at radius 3 is 2.73 bits per heavy atom. The van der Waals surface area contributed by atoms with Crippen LogP contribution in [0.2, 0.25) is 4.34 Å². The van der Waals surface area contributed by atoms with Gasteiger partial charge in [-0.1, -0.05) is 48.7 Å². The first kappa shape index (κ1) is 12.9. The highest BCUT2D eigenvalue weighted by atomic mass is 35.5. The second-order valence-corrected chi connectivity index (χ2v) is 4.82. The summed E-state index contributed by atoms with van der Waals surface area (Å²) in [7, 11) is 0. The molecule has 0 fully saturated rings. The first-order chi connectivity index (χ1) is 7.34. The summed E-state index contributed by atoms with van der Waals surface area (Å²) in [6.45, 7) is 3.49. The van der Waals surface area contributed by atoms with Gasteiger partial charge < -0.3 is 4.74 Å². The van der Waals surface area contributed by atoms with Gasteiger partial charge in [0.15, 0.2) is 0 Å². The zero-order chi connectivity index (χ0) is 10.9. The fourth-order valence-corrected chi connectivity index (χ4v) is 1.86. The van der Waals surface area contributed by atoms with Gasteiger partial charge in [-0.15, -0.1) is 5.10 Å². The molecule has 1 rings (SSSR count). The predicted octanol–water partition coefficient (Wildman–Crippen LogP) is 3.68. The molecule has 15 heavy (non-hydrogen) atoms. The van der Waals surface area contributed by atoms with Crippen LogP contribution in [0.25, 0.3) is 0 Å². The Bertz CT molecular complexity index is 268. The van der Waals surface area contributed by atoms with Crippen LogP contribution >= 0.6 is 23.1 Å². The summed E-state index contributed by atoms with van der Waals surface area (Å²) in [4.78, 5) is 0. The summed E-state index contributed by atoms with van der Waals surface area (Å²) >= 11 is 7.04. The van der Waals surface area contributed by atoms with Crippen LogP contribution in [0.5, 0.6) is 0 Å². The Morgan fingerprint density at radius 1 is 1.27 bits per heavy atom. The van der Waals surface area contributed by atoms with Gasteiger partial charge in [0.25, 0.3) is 0 Å². The summed E-state index contributed by atoms with van der Waals surface area (Å²) in [6, 6.07) is 0. The number of rotatable bonds is 8. The van der Waals surface area contributed by atoms with Crippen LogP contribution in [0, 0.1) is 0 Å². The molecule has 0 amide bonds. The molecule has 0 radical (unpaired) electrons. The molecule has 0 spiro atoms. The van der Waals surface area contributed by atoms with Crippen LogP contribution < -0.4 is 0 Å². The lowest BCUT2D eigenvalue weighted by atomic mass is 10.2. The van der Waals surface area contributed by atoms with Gasteiger partial charge in [0, 0.05) is 18.1 Å². The van der Waals surface area contributed by atoms with E-state index in [1.54, 1.807) is 0 Å². The average molecular weight is 249 g/mol. The molecule has 0 unspecified atom stereocenters.